The van der Waals surface area contributed by atoms with E-state index in [9.17, 15) is 14.7 Å². The standard InChI is InChI=1S/C16H23N3O3S/c1-10(13-17-4-9-23-13)18-5-7-19(8-6-18)14(20)11-12(15(21)22)16(11,2)3/h4,9-12H,5-8H2,1-3H3,(H,21,22)/t10?,11-,12+/m0/s1. The van der Waals surface area contributed by atoms with Gasteiger partial charge in [0.2, 0.25) is 5.91 Å². The second kappa shape index (κ2) is 5.87. The van der Waals surface area contributed by atoms with Crippen LogP contribution < -0.4 is 0 Å². The number of thiazole rings is 1. The Hall–Kier alpha value is -1.47. The molecule has 2 fully saturated rings. The summed E-state index contributed by atoms with van der Waals surface area (Å²) >= 11 is 1.65. The predicted molar refractivity (Wildman–Crippen MR) is 87.1 cm³/mol. The van der Waals surface area contributed by atoms with Crippen LogP contribution in [0, 0.1) is 17.3 Å². The van der Waals surface area contributed by atoms with Crippen molar-refractivity contribution in [2.24, 2.45) is 17.3 Å². The van der Waals surface area contributed by atoms with Crippen LogP contribution in [0.2, 0.25) is 0 Å². The Morgan fingerprint density at radius 2 is 1.96 bits per heavy atom. The van der Waals surface area contributed by atoms with Crippen molar-refractivity contribution in [3.63, 3.8) is 0 Å². The molecule has 6 nitrogen and oxygen atoms in total. The Balaban J connectivity index is 1.57. The molecule has 3 rings (SSSR count). The van der Waals surface area contributed by atoms with Crippen LogP contribution in [0.15, 0.2) is 11.6 Å². The fraction of sp³-hybridized carbons (Fsp3) is 0.688. The van der Waals surface area contributed by atoms with Crippen molar-refractivity contribution < 1.29 is 14.7 Å². The van der Waals surface area contributed by atoms with Crippen LogP contribution in [0.5, 0.6) is 0 Å². The van der Waals surface area contributed by atoms with E-state index in [4.69, 9.17) is 0 Å². The molecular formula is C16H23N3O3S. The van der Waals surface area contributed by atoms with Gasteiger partial charge in [0.25, 0.3) is 0 Å². The number of carbonyl (C=O) groups excluding carboxylic acids is 1. The maximum absolute atomic E-state index is 12.6. The summed E-state index contributed by atoms with van der Waals surface area (Å²) in [5, 5.41) is 12.3. The molecule has 2 heterocycles. The zero-order chi connectivity index (χ0) is 16.8. The van der Waals surface area contributed by atoms with Crippen LogP contribution in [-0.4, -0.2) is 57.9 Å². The third kappa shape index (κ3) is 2.87. The molecular weight excluding hydrogens is 314 g/mol. The molecule has 1 saturated heterocycles. The number of piperazine rings is 1. The van der Waals surface area contributed by atoms with E-state index < -0.39 is 17.3 Å². The highest BCUT2D eigenvalue weighted by Gasteiger charge is 2.66. The number of hydrogen-bond acceptors (Lipinski definition) is 5. The highest BCUT2D eigenvalue weighted by atomic mass is 32.1. The summed E-state index contributed by atoms with van der Waals surface area (Å²) in [7, 11) is 0. The molecule has 1 aromatic heterocycles. The lowest BCUT2D eigenvalue weighted by Gasteiger charge is -2.37. The Kier molecular flexibility index (Phi) is 4.18. The molecule has 0 radical (unpaired) electrons. The number of aromatic nitrogens is 1. The van der Waals surface area contributed by atoms with Crippen molar-refractivity contribution in [2.75, 3.05) is 26.2 Å². The topological polar surface area (TPSA) is 73.7 Å². The van der Waals surface area contributed by atoms with E-state index >= 15 is 0 Å². The van der Waals surface area contributed by atoms with Gasteiger partial charge in [-0.15, -0.1) is 11.3 Å². The normalized spacial score (nSPS) is 28.4. The van der Waals surface area contributed by atoms with Crippen molar-refractivity contribution in [2.45, 2.75) is 26.8 Å². The van der Waals surface area contributed by atoms with Crippen molar-refractivity contribution in [1.29, 1.82) is 0 Å². The second-order valence-electron chi connectivity index (χ2n) is 7.02. The lowest BCUT2D eigenvalue weighted by Crippen LogP contribution is -2.50. The summed E-state index contributed by atoms with van der Waals surface area (Å²) in [5.41, 5.74) is -0.422. The van der Waals surface area contributed by atoms with Crippen LogP contribution in [0.25, 0.3) is 0 Å². The van der Waals surface area contributed by atoms with Crippen molar-refractivity contribution >= 4 is 23.2 Å². The first-order valence-corrected chi connectivity index (χ1v) is 8.87. The lowest BCUT2D eigenvalue weighted by atomic mass is 10.1. The van der Waals surface area contributed by atoms with Crippen LogP contribution in [-0.2, 0) is 9.59 Å². The molecule has 1 aliphatic heterocycles. The van der Waals surface area contributed by atoms with Gasteiger partial charge in [-0.1, -0.05) is 13.8 Å². The van der Waals surface area contributed by atoms with Gasteiger partial charge < -0.3 is 10.0 Å². The minimum absolute atomic E-state index is 0.00366. The van der Waals surface area contributed by atoms with Crippen LogP contribution >= 0.6 is 11.3 Å². The van der Waals surface area contributed by atoms with Crippen LogP contribution in [0.3, 0.4) is 0 Å². The molecule has 1 amide bonds. The van der Waals surface area contributed by atoms with Gasteiger partial charge in [-0.05, 0) is 12.3 Å². The van der Waals surface area contributed by atoms with Gasteiger partial charge >= 0.3 is 5.97 Å². The maximum Gasteiger partial charge on any atom is 0.307 e. The minimum Gasteiger partial charge on any atom is -0.481 e. The molecule has 0 aromatic carbocycles. The number of carboxylic acids is 1. The largest absolute Gasteiger partial charge is 0.481 e. The fourth-order valence-electron chi connectivity index (χ4n) is 3.68. The first kappa shape index (κ1) is 16.4. The second-order valence-corrected chi connectivity index (χ2v) is 7.95. The number of aliphatic carboxylic acids is 1. The van der Waals surface area contributed by atoms with Gasteiger partial charge in [-0.3, -0.25) is 14.5 Å². The molecule has 1 saturated carbocycles. The summed E-state index contributed by atoms with van der Waals surface area (Å²) in [5.74, 6) is -1.77. The monoisotopic (exact) mass is 337 g/mol. The van der Waals surface area contributed by atoms with E-state index in [1.54, 1.807) is 11.3 Å². The van der Waals surface area contributed by atoms with Crippen LogP contribution in [0.4, 0.5) is 0 Å². The first-order valence-electron chi connectivity index (χ1n) is 7.99. The smallest absolute Gasteiger partial charge is 0.307 e. The summed E-state index contributed by atoms with van der Waals surface area (Å²) < 4.78 is 0. The molecule has 0 bridgehead atoms. The third-order valence-corrected chi connectivity index (χ3v) is 6.29. The van der Waals surface area contributed by atoms with E-state index in [2.05, 4.69) is 16.8 Å². The van der Waals surface area contributed by atoms with Gasteiger partial charge in [-0.2, -0.15) is 0 Å². The summed E-state index contributed by atoms with van der Waals surface area (Å²) in [6, 6.07) is 0.261. The van der Waals surface area contributed by atoms with Gasteiger partial charge in [-0.25, -0.2) is 4.98 Å². The summed E-state index contributed by atoms with van der Waals surface area (Å²) in [6.07, 6.45) is 1.82. The minimum atomic E-state index is -0.857. The fourth-order valence-corrected chi connectivity index (χ4v) is 4.41. The maximum atomic E-state index is 12.6. The molecule has 3 atom stereocenters. The molecule has 1 aromatic rings. The van der Waals surface area contributed by atoms with E-state index in [1.807, 2.05) is 30.3 Å². The molecule has 1 N–H and O–H groups in total. The van der Waals surface area contributed by atoms with E-state index in [0.29, 0.717) is 13.1 Å². The lowest BCUT2D eigenvalue weighted by molar-refractivity contribution is -0.142. The molecule has 1 aliphatic carbocycles. The molecule has 7 heteroatoms. The average Bonchev–Trinajstić information content (AvgIpc) is 2.90. The number of carboxylic acid groups (broad SMARTS) is 1. The Morgan fingerprint density at radius 1 is 1.30 bits per heavy atom. The quantitative estimate of drug-likeness (QED) is 0.905. The van der Waals surface area contributed by atoms with Gasteiger partial charge in [0.1, 0.15) is 5.01 Å². The van der Waals surface area contributed by atoms with Crippen molar-refractivity contribution in [3.8, 4) is 0 Å². The van der Waals surface area contributed by atoms with E-state index in [1.165, 1.54) is 0 Å². The highest BCUT2D eigenvalue weighted by Crippen LogP contribution is 2.59. The number of amides is 1. The predicted octanol–water partition coefficient (Wildman–Crippen LogP) is 1.71. The van der Waals surface area contributed by atoms with E-state index in [0.717, 1.165) is 18.1 Å². The SMILES string of the molecule is CC(c1nccs1)N1CCN(C(=O)[C@@H]2[C@H](C(=O)O)C2(C)C)CC1. The van der Waals surface area contributed by atoms with Gasteiger partial charge in [0, 0.05) is 37.8 Å². The van der Waals surface area contributed by atoms with Gasteiger partial charge in [0.15, 0.2) is 0 Å². The number of nitrogens with zero attached hydrogens (tertiary/aromatic N) is 3. The zero-order valence-electron chi connectivity index (χ0n) is 13.7. The van der Waals surface area contributed by atoms with E-state index in [-0.39, 0.29) is 17.9 Å². The summed E-state index contributed by atoms with van der Waals surface area (Å²) in [4.78, 5) is 32.4. The molecule has 0 spiro atoms. The summed E-state index contributed by atoms with van der Waals surface area (Å²) in [6.45, 7) is 8.81. The molecule has 2 aliphatic rings. The highest BCUT2D eigenvalue weighted by molar-refractivity contribution is 7.09. The Bertz CT molecular complexity index is 594. The Morgan fingerprint density at radius 3 is 2.43 bits per heavy atom. The number of carbonyl (C=O) groups is 2. The number of rotatable bonds is 4. The van der Waals surface area contributed by atoms with Crippen molar-refractivity contribution in [3.05, 3.63) is 16.6 Å². The number of hydrogen-bond donors (Lipinski definition) is 1. The molecule has 23 heavy (non-hydrogen) atoms. The van der Waals surface area contributed by atoms with Crippen LogP contribution in [0.1, 0.15) is 31.8 Å². The first-order chi connectivity index (χ1) is 10.8. The Labute approximate surface area is 140 Å². The molecule has 1 unspecified atom stereocenters. The van der Waals surface area contributed by atoms with Gasteiger partial charge in [0.05, 0.1) is 17.9 Å². The van der Waals surface area contributed by atoms with Crippen molar-refractivity contribution in [1.82, 2.24) is 14.8 Å². The zero-order valence-corrected chi connectivity index (χ0v) is 14.5. The average molecular weight is 337 g/mol. The molecule has 126 valence electrons. The third-order valence-electron chi connectivity index (χ3n) is 5.34.